The van der Waals surface area contributed by atoms with Crippen LogP contribution in [0.4, 0.5) is 18.9 Å². The number of nitrogens with two attached hydrogens (primary N) is 1. The van der Waals surface area contributed by atoms with E-state index in [1.165, 1.54) is 36.4 Å². The van der Waals surface area contributed by atoms with Gasteiger partial charge in [-0.1, -0.05) is 6.07 Å². The minimum Gasteiger partial charge on any atom is -0.366 e. The fourth-order valence-corrected chi connectivity index (χ4v) is 2.89. The predicted octanol–water partition coefficient (Wildman–Crippen LogP) is 3.92. The monoisotopic (exact) mass is 368 g/mol. The van der Waals surface area contributed by atoms with Gasteiger partial charge in [0.25, 0.3) is 0 Å². The van der Waals surface area contributed by atoms with E-state index in [2.05, 4.69) is 5.32 Å². The number of alkyl halides is 3. The summed E-state index contributed by atoms with van der Waals surface area (Å²) in [5.41, 5.74) is 5.15. The number of amides is 2. The van der Waals surface area contributed by atoms with Gasteiger partial charge in [-0.25, -0.2) is 0 Å². The van der Waals surface area contributed by atoms with Crippen molar-refractivity contribution in [3.05, 3.63) is 59.7 Å². The number of nitrogens with one attached hydrogen (secondary N) is 1. The third-order valence-corrected chi connectivity index (χ3v) is 4.37. The van der Waals surface area contributed by atoms with Crippen molar-refractivity contribution in [1.29, 1.82) is 0 Å². The van der Waals surface area contributed by atoms with E-state index in [1.54, 1.807) is 6.92 Å². The number of anilines is 1. The molecule has 3 N–H and O–H groups in total. The number of hydrogen-bond acceptors (Lipinski definition) is 3. The first kappa shape index (κ1) is 18.9. The van der Waals surface area contributed by atoms with E-state index in [9.17, 15) is 22.8 Å². The van der Waals surface area contributed by atoms with E-state index in [-0.39, 0.29) is 5.91 Å². The molecule has 0 aliphatic carbocycles. The number of hydrogen-bond donors (Lipinski definition) is 2. The highest BCUT2D eigenvalue weighted by molar-refractivity contribution is 8.00. The fraction of sp³-hybridized carbons (Fsp3) is 0.176. The molecule has 0 aliphatic rings. The summed E-state index contributed by atoms with van der Waals surface area (Å²) < 4.78 is 38.2. The quantitative estimate of drug-likeness (QED) is 0.786. The minimum atomic E-state index is -4.43. The molecule has 25 heavy (non-hydrogen) atoms. The second-order valence-corrected chi connectivity index (χ2v) is 6.63. The summed E-state index contributed by atoms with van der Waals surface area (Å²) in [7, 11) is 0. The zero-order valence-electron chi connectivity index (χ0n) is 13.1. The van der Waals surface area contributed by atoms with Crippen molar-refractivity contribution < 1.29 is 22.8 Å². The zero-order valence-corrected chi connectivity index (χ0v) is 13.9. The van der Waals surface area contributed by atoms with Crippen molar-refractivity contribution >= 4 is 29.3 Å². The Morgan fingerprint density at radius 3 is 2.32 bits per heavy atom. The van der Waals surface area contributed by atoms with Gasteiger partial charge in [0, 0.05) is 16.1 Å². The first-order valence-corrected chi connectivity index (χ1v) is 8.09. The number of halogens is 3. The zero-order chi connectivity index (χ0) is 18.6. The Balaban J connectivity index is 2.02. The standard InChI is InChI=1S/C17H15F3N2O2S/c1-10(25-14-4-2-3-12(9-14)17(18,19)20)16(24)22-13-7-5-11(6-8-13)15(21)23/h2-10H,1H3,(H2,21,23)(H,22,24)/t10-/m1/s1. The average Bonchev–Trinajstić information content (AvgIpc) is 2.54. The van der Waals surface area contributed by atoms with E-state index in [4.69, 9.17) is 5.73 Å². The maximum absolute atomic E-state index is 12.7. The number of thioether (sulfide) groups is 1. The maximum atomic E-state index is 12.7. The molecule has 2 aromatic carbocycles. The van der Waals surface area contributed by atoms with Crippen LogP contribution in [-0.2, 0) is 11.0 Å². The number of carbonyl (C=O) groups is 2. The molecule has 0 radical (unpaired) electrons. The summed E-state index contributed by atoms with van der Waals surface area (Å²) in [6.07, 6.45) is -4.43. The lowest BCUT2D eigenvalue weighted by atomic mass is 10.2. The maximum Gasteiger partial charge on any atom is 0.416 e. The van der Waals surface area contributed by atoms with E-state index in [0.29, 0.717) is 16.1 Å². The third kappa shape index (κ3) is 5.25. The van der Waals surface area contributed by atoms with Crippen molar-refractivity contribution in [3.8, 4) is 0 Å². The molecule has 0 aliphatic heterocycles. The first-order valence-electron chi connectivity index (χ1n) is 7.21. The highest BCUT2D eigenvalue weighted by Gasteiger charge is 2.30. The second-order valence-electron chi connectivity index (χ2n) is 5.22. The Bertz CT molecular complexity index is 776. The van der Waals surface area contributed by atoms with Crippen LogP contribution in [-0.4, -0.2) is 17.1 Å². The molecule has 0 fully saturated rings. The lowest BCUT2D eigenvalue weighted by molar-refractivity contribution is -0.137. The van der Waals surface area contributed by atoms with Crippen molar-refractivity contribution in [2.75, 3.05) is 5.32 Å². The Morgan fingerprint density at radius 2 is 1.76 bits per heavy atom. The summed E-state index contributed by atoms with van der Waals surface area (Å²) in [5.74, 6) is -0.944. The van der Waals surface area contributed by atoms with Crippen LogP contribution in [0.15, 0.2) is 53.4 Å². The summed E-state index contributed by atoms with van der Waals surface area (Å²) in [6, 6.07) is 10.8. The van der Waals surface area contributed by atoms with Gasteiger partial charge in [0.2, 0.25) is 11.8 Å². The largest absolute Gasteiger partial charge is 0.416 e. The van der Waals surface area contributed by atoms with Crippen LogP contribution >= 0.6 is 11.8 Å². The van der Waals surface area contributed by atoms with Crippen LogP contribution in [0.2, 0.25) is 0 Å². The molecule has 8 heteroatoms. The van der Waals surface area contributed by atoms with Crippen molar-refractivity contribution in [2.45, 2.75) is 23.2 Å². The van der Waals surface area contributed by atoms with Crippen LogP contribution in [0.25, 0.3) is 0 Å². The Labute approximate surface area is 146 Å². The molecule has 0 spiro atoms. The molecule has 4 nitrogen and oxygen atoms in total. The van der Waals surface area contributed by atoms with E-state index < -0.39 is 22.9 Å². The summed E-state index contributed by atoms with van der Waals surface area (Å²) in [4.78, 5) is 23.5. The molecule has 132 valence electrons. The summed E-state index contributed by atoms with van der Waals surface area (Å²) in [5, 5.41) is 2.03. The highest BCUT2D eigenvalue weighted by atomic mass is 32.2. The molecule has 0 saturated carbocycles. The van der Waals surface area contributed by atoms with Gasteiger partial charge < -0.3 is 11.1 Å². The summed E-state index contributed by atoms with van der Waals surface area (Å²) in [6.45, 7) is 1.60. The normalized spacial score (nSPS) is 12.5. The van der Waals surface area contributed by atoms with Crippen LogP contribution in [0.5, 0.6) is 0 Å². The average molecular weight is 368 g/mol. The molecule has 0 saturated heterocycles. The number of primary amides is 1. The Hall–Kier alpha value is -2.48. The van der Waals surface area contributed by atoms with Crippen LogP contribution < -0.4 is 11.1 Å². The summed E-state index contributed by atoms with van der Waals surface area (Å²) >= 11 is 1.02. The van der Waals surface area contributed by atoms with Crippen molar-refractivity contribution in [3.63, 3.8) is 0 Å². The number of carbonyl (C=O) groups excluding carboxylic acids is 2. The molecular formula is C17H15F3N2O2S. The van der Waals surface area contributed by atoms with Crippen molar-refractivity contribution in [1.82, 2.24) is 0 Å². The van der Waals surface area contributed by atoms with Gasteiger partial charge >= 0.3 is 6.18 Å². The fourth-order valence-electron chi connectivity index (χ4n) is 1.97. The van der Waals surface area contributed by atoms with E-state index in [1.807, 2.05) is 0 Å². The van der Waals surface area contributed by atoms with Crippen LogP contribution in [0.3, 0.4) is 0 Å². The van der Waals surface area contributed by atoms with Gasteiger partial charge in [0.15, 0.2) is 0 Å². The van der Waals surface area contributed by atoms with Gasteiger partial charge in [-0.15, -0.1) is 11.8 Å². The van der Waals surface area contributed by atoms with Gasteiger partial charge in [-0.3, -0.25) is 9.59 Å². The third-order valence-electron chi connectivity index (χ3n) is 3.28. The molecule has 2 aromatic rings. The molecule has 2 rings (SSSR count). The molecular weight excluding hydrogens is 353 g/mol. The van der Waals surface area contributed by atoms with Gasteiger partial charge in [-0.05, 0) is 49.4 Å². The molecule has 0 aromatic heterocycles. The van der Waals surface area contributed by atoms with Crippen LogP contribution in [0.1, 0.15) is 22.8 Å². The minimum absolute atomic E-state index is 0.310. The molecule has 0 bridgehead atoms. The van der Waals surface area contributed by atoms with Crippen molar-refractivity contribution in [2.24, 2.45) is 5.73 Å². The molecule has 0 unspecified atom stereocenters. The van der Waals surface area contributed by atoms with Gasteiger partial charge in [0.1, 0.15) is 0 Å². The number of benzene rings is 2. The van der Waals surface area contributed by atoms with E-state index >= 15 is 0 Å². The molecule has 2 amide bonds. The Kier molecular flexibility index (Phi) is 5.73. The van der Waals surface area contributed by atoms with E-state index in [0.717, 1.165) is 23.9 Å². The predicted molar refractivity (Wildman–Crippen MR) is 90.4 cm³/mol. The van der Waals surface area contributed by atoms with Crippen LogP contribution in [0, 0.1) is 0 Å². The second kappa shape index (κ2) is 7.60. The van der Waals surface area contributed by atoms with Gasteiger partial charge in [0.05, 0.1) is 10.8 Å². The lowest BCUT2D eigenvalue weighted by Crippen LogP contribution is -2.22. The first-order chi connectivity index (χ1) is 11.7. The molecule has 1 atom stereocenters. The smallest absolute Gasteiger partial charge is 0.366 e. The Morgan fingerprint density at radius 1 is 1.12 bits per heavy atom. The highest BCUT2D eigenvalue weighted by Crippen LogP contribution is 2.33. The molecule has 0 heterocycles. The number of rotatable bonds is 5. The lowest BCUT2D eigenvalue weighted by Gasteiger charge is -2.13. The van der Waals surface area contributed by atoms with Gasteiger partial charge in [-0.2, -0.15) is 13.2 Å². The topological polar surface area (TPSA) is 72.2 Å². The SMILES string of the molecule is C[C@@H](Sc1cccc(C(F)(F)F)c1)C(=O)Nc1ccc(C(N)=O)cc1.